The maximum absolute atomic E-state index is 4.67. The van der Waals surface area contributed by atoms with Crippen LogP contribution in [-0.2, 0) is 6.42 Å². The van der Waals surface area contributed by atoms with Crippen molar-refractivity contribution in [3.8, 4) is 0 Å². The van der Waals surface area contributed by atoms with Gasteiger partial charge in [0.15, 0.2) is 0 Å². The molecule has 1 atom stereocenters. The van der Waals surface area contributed by atoms with Crippen molar-refractivity contribution in [1.29, 1.82) is 0 Å². The highest BCUT2D eigenvalue weighted by atomic mass is 15.0. The Bertz CT molecular complexity index is 511. The van der Waals surface area contributed by atoms with E-state index in [9.17, 15) is 0 Å². The predicted octanol–water partition coefficient (Wildman–Crippen LogP) is 1.72. The minimum atomic E-state index is 0.585. The fourth-order valence-electron chi connectivity index (χ4n) is 2.62. The Morgan fingerprint density at radius 1 is 1.47 bits per heavy atom. The second-order valence-corrected chi connectivity index (χ2v) is 4.80. The molecule has 0 aromatic carbocycles. The van der Waals surface area contributed by atoms with E-state index in [2.05, 4.69) is 26.6 Å². The second kappa shape index (κ2) is 4.45. The molecule has 1 N–H and O–H groups in total. The Morgan fingerprint density at radius 2 is 2.41 bits per heavy atom. The van der Waals surface area contributed by atoms with Gasteiger partial charge in [-0.15, -0.1) is 0 Å². The molecule has 3 rings (SSSR count). The van der Waals surface area contributed by atoms with Crippen molar-refractivity contribution in [3.63, 3.8) is 0 Å². The molecule has 1 aliphatic rings. The largest absolute Gasteiger partial charge is 0.314 e. The van der Waals surface area contributed by atoms with Crippen LogP contribution in [0.25, 0.3) is 5.52 Å². The first kappa shape index (κ1) is 10.7. The monoisotopic (exact) mass is 230 g/mol. The van der Waals surface area contributed by atoms with E-state index in [1.807, 2.05) is 18.6 Å². The molecule has 4 nitrogen and oxygen atoms in total. The third-order valence-electron chi connectivity index (χ3n) is 3.55. The number of hydrogen-bond donors (Lipinski definition) is 1. The smallest absolute Gasteiger partial charge is 0.115 e. The molecule has 2 aromatic heterocycles. The molecule has 2 aromatic rings. The van der Waals surface area contributed by atoms with Gasteiger partial charge in [0.2, 0.25) is 0 Å². The van der Waals surface area contributed by atoms with E-state index < -0.39 is 0 Å². The van der Waals surface area contributed by atoms with Gasteiger partial charge in [-0.2, -0.15) is 0 Å². The van der Waals surface area contributed by atoms with Crippen molar-refractivity contribution in [2.24, 2.45) is 0 Å². The van der Waals surface area contributed by atoms with Gasteiger partial charge in [0.1, 0.15) is 5.82 Å². The summed E-state index contributed by atoms with van der Waals surface area (Å²) in [7, 11) is 0. The molecule has 17 heavy (non-hydrogen) atoms. The van der Waals surface area contributed by atoms with Gasteiger partial charge in [0.25, 0.3) is 0 Å². The summed E-state index contributed by atoms with van der Waals surface area (Å²) < 4.78 is 2.17. The Kier molecular flexibility index (Phi) is 2.81. The molecule has 4 heteroatoms. The minimum absolute atomic E-state index is 0.585. The third-order valence-corrected chi connectivity index (χ3v) is 3.55. The molecule has 0 radical (unpaired) electrons. The van der Waals surface area contributed by atoms with Crippen LogP contribution in [-0.4, -0.2) is 27.0 Å². The number of aryl methyl sites for hydroxylation is 1. The zero-order chi connectivity index (χ0) is 11.7. The zero-order valence-electron chi connectivity index (χ0n) is 10.2. The van der Waals surface area contributed by atoms with Crippen LogP contribution in [0.4, 0.5) is 0 Å². The molecule has 0 amide bonds. The van der Waals surface area contributed by atoms with Crippen molar-refractivity contribution >= 4 is 5.52 Å². The first-order chi connectivity index (χ1) is 8.34. The Morgan fingerprint density at radius 3 is 3.24 bits per heavy atom. The fourth-order valence-corrected chi connectivity index (χ4v) is 2.62. The van der Waals surface area contributed by atoms with Crippen LogP contribution in [0.5, 0.6) is 0 Å². The maximum atomic E-state index is 4.67. The van der Waals surface area contributed by atoms with E-state index in [-0.39, 0.29) is 0 Å². The fraction of sp³-hybridized carbons (Fsp3) is 0.538. The highest BCUT2D eigenvalue weighted by Crippen LogP contribution is 2.15. The number of piperidine rings is 1. The summed E-state index contributed by atoms with van der Waals surface area (Å²) >= 11 is 0. The highest BCUT2D eigenvalue weighted by Gasteiger charge is 2.16. The quantitative estimate of drug-likeness (QED) is 0.854. The predicted molar refractivity (Wildman–Crippen MR) is 67.1 cm³/mol. The minimum Gasteiger partial charge on any atom is -0.314 e. The summed E-state index contributed by atoms with van der Waals surface area (Å²) in [6.07, 6.45) is 10.6. The molecule has 0 spiro atoms. The topological polar surface area (TPSA) is 42.2 Å². The van der Waals surface area contributed by atoms with E-state index in [0.29, 0.717) is 6.04 Å². The number of nitrogens with zero attached hydrogens (tertiary/aromatic N) is 3. The first-order valence-corrected chi connectivity index (χ1v) is 6.35. The highest BCUT2D eigenvalue weighted by molar-refractivity contribution is 5.50. The van der Waals surface area contributed by atoms with Crippen LogP contribution in [0.3, 0.4) is 0 Å². The molecule has 1 unspecified atom stereocenters. The van der Waals surface area contributed by atoms with E-state index in [0.717, 1.165) is 30.0 Å². The summed E-state index contributed by atoms with van der Waals surface area (Å²) in [6, 6.07) is 0.585. The molecule has 0 aliphatic carbocycles. The summed E-state index contributed by atoms with van der Waals surface area (Å²) in [4.78, 5) is 8.82. The molecular formula is C13H18N4. The van der Waals surface area contributed by atoms with Gasteiger partial charge in [-0.25, -0.2) is 4.98 Å². The van der Waals surface area contributed by atoms with E-state index >= 15 is 0 Å². The third kappa shape index (κ3) is 2.05. The summed E-state index contributed by atoms with van der Waals surface area (Å²) in [5.41, 5.74) is 2.20. The molecule has 1 saturated heterocycles. The molecule has 3 heterocycles. The zero-order valence-corrected chi connectivity index (χ0v) is 10.2. The molecular weight excluding hydrogens is 212 g/mol. The summed E-state index contributed by atoms with van der Waals surface area (Å²) in [5.74, 6) is 1.15. The Balaban J connectivity index is 1.89. The summed E-state index contributed by atoms with van der Waals surface area (Å²) in [5, 5.41) is 3.57. The SMILES string of the molecule is Cc1nc(CC2CCCCN2)n2ccncc12. The summed E-state index contributed by atoms with van der Waals surface area (Å²) in [6.45, 7) is 3.20. The number of imidazole rings is 1. The molecule has 1 fully saturated rings. The lowest BCUT2D eigenvalue weighted by Crippen LogP contribution is -2.36. The van der Waals surface area contributed by atoms with Gasteiger partial charge in [0.05, 0.1) is 17.4 Å². The van der Waals surface area contributed by atoms with Gasteiger partial charge in [0, 0.05) is 24.9 Å². The molecule has 90 valence electrons. The van der Waals surface area contributed by atoms with Crippen molar-refractivity contribution in [1.82, 2.24) is 19.7 Å². The standard InChI is InChI=1S/C13H18N4/c1-10-12-9-14-6-7-17(12)13(16-10)8-11-4-2-3-5-15-11/h6-7,9,11,15H,2-5,8H2,1H3. The van der Waals surface area contributed by atoms with Crippen LogP contribution in [0.2, 0.25) is 0 Å². The first-order valence-electron chi connectivity index (χ1n) is 6.35. The average Bonchev–Trinajstić information content (AvgIpc) is 2.69. The number of aromatic nitrogens is 3. The van der Waals surface area contributed by atoms with Gasteiger partial charge < -0.3 is 9.72 Å². The van der Waals surface area contributed by atoms with Crippen molar-refractivity contribution in [3.05, 3.63) is 30.1 Å². The van der Waals surface area contributed by atoms with Crippen LogP contribution in [0, 0.1) is 6.92 Å². The Labute approximate surface area is 101 Å². The van der Waals surface area contributed by atoms with Gasteiger partial charge in [-0.05, 0) is 26.3 Å². The van der Waals surface area contributed by atoms with Crippen molar-refractivity contribution in [2.75, 3.05) is 6.54 Å². The molecule has 1 aliphatic heterocycles. The lowest BCUT2D eigenvalue weighted by atomic mass is 10.0. The maximum Gasteiger partial charge on any atom is 0.115 e. The van der Waals surface area contributed by atoms with E-state index in [1.54, 1.807) is 0 Å². The number of fused-ring (bicyclic) bond motifs is 1. The van der Waals surface area contributed by atoms with E-state index in [4.69, 9.17) is 0 Å². The van der Waals surface area contributed by atoms with Gasteiger partial charge in [-0.1, -0.05) is 6.42 Å². The molecule has 0 bridgehead atoms. The van der Waals surface area contributed by atoms with Crippen molar-refractivity contribution in [2.45, 2.75) is 38.6 Å². The second-order valence-electron chi connectivity index (χ2n) is 4.80. The van der Waals surface area contributed by atoms with Crippen LogP contribution >= 0.6 is 0 Å². The number of rotatable bonds is 2. The molecule has 0 saturated carbocycles. The lowest BCUT2D eigenvalue weighted by molar-refractivity contribution is 0.394. The number of hydrogen-bond acceptors (Lipinski definition) is 3. The van der Waals surface area contributed by atoms with Crippen molar-refractivity contribution < 1.29 is 0 Å². The Hall–Kier alpha value is -1.42. The van der Waals surface area contributed by atoms with Crippen LogP contribution in [0.1, 0.15) is 30.8 Å². The normalized spacial score (nSPS) is 20.9. The lowest BCUT2D eigenvalue weighted by Gasteiger charge is -2.22. The van der Waals surface area contributed by atoms with Gasteiger partial charge in [-0.3, -0.25) is 4.98 Å². The van der Waals surface area contributed by atoms with Gasteiger partial charge >= 0.3 is 0 Å². The van der Waals surface area contributed by atoms with Crippen LogP contribution < -0.4 is 5.32 Å². The van der Waals surface area contributed by atoms with Crippen LogP contribution in [0.15, 0.2) is 18.6 Å². The average molecular weight is 230 g/mol. The van der Waals surface area contributed by atoms with E-state index in [1.165, 1.54) is 19.3 Å². The number of nitrogens with one attached hydrogen (secondary N) is 1.